The molecule has 0 unspecified atom stereocenters. The molecule has 1 aliphatic carbocycles. The van der Waals surface area contributed by atoms with Crippen molar-refractivity contribution in [1.29, 1.82) is 0 Å². The summed E-state index contributed by atoms with van der Waals surface area (Å²) in [6.07, 6.45) is 5.26. The van der Waals surface area contributed by atoms with Crippen molar-refractivity contribution >= 4 is 5.97 Å². The van der Waals surface area contributed by atoms with E-state index < -0.39 is 5.60 Å². The van der Waals surface area contributed by atoms with Crippen molar-refractivity contribution in [2.75, 3.05) is 26.2 Å². The predicted molar refractivity (Wildman–Crippen MR) is 93.3 cm³/mol. The van der Waals surface area contributed by atoms with Gasteiger partial charge in [0.2, 0.25) is 0 Å². The molecule has 4 heteroatoms. The third-order valence-electron chi connectivity index (χ3n) is 6.20. The Labute approximate surface area is 144 Å². The Balaban J connectivity index is 1.69. The maximum absolute atomic E-state index is 12.0. The molecule has 3 heterocycles. The van der Waals surface area contributed by atoms with Crippen LogP contribution in [0.4, 0.5) is 0 Å². The first kappa shape index (κ1) is 15.9. The molecule has 0 amide bonds. The number of ether oxygens (including phenoxy) is 1. The van der Waals surface area contributed by atoms with Crippen molar-refractivity contribution in [3.63, 3.8) is 0 Å². The minimum absolute atomic E-state index is 0.192. The van der Waals surface area contributed by atoms with E-state index >= 15 is 0 Å². The van der Waals surface area contributed by atoms with Crippen molar-refractivity contribution in [3.05, 3.63) is 22.8 Å². The number of carbonyl (C=O) groups excluding carboxylic acids is 1. The summed E-state index contributed by atoms with van der Waals surface area (Å²) in [5.74, 6) is 6.51. The number of rotatable bonds is 3. The number of hydrogen-bond donors (Lipinski definition) is 0. The van der Waals surface area contributed by atoms with Crippen LogP contribution in [0, 0.1) is 11.8 Å². The Morgan fingerprint density at radius 2 is 2.17 bits per heavy atom. The van der Waals surface area contributed by atoms with Gasteiger partial charge in [0, 0.05) is 28.8 Å². The molecule has 0 aromatic carbocycles. The zero-order chi connectivity index (χ0) is 16.9. The Morgan fingerprint density at radius 3 is 2.92 bits per heavy atom. The summed E-state index contributed by atoms with van der Waals surface area (Å²) >= 11 is 0. The van der Waals surface area contributed by atoms with Crippen LogP contribution >= 0.6 is 0 Å². The first-order chi connectivity index (χ1) is 11.6. The number of carbonyl (C=O) groups is 1. The van der Waals surface area contributed by atoms with Crippen LogP contribution in [0.3, 0.4) is 0 Å². The summed E-state index contributed by atoms with van der Waals surface area (Å²) in [6.45, 7) is 10.5. The van der Waals surface area contributed by atoms with Crippen LogP contribution in [0.5, 0.6) is 0 Å². The summed E-state index contributed by atoms with van der Waals surface area (Å²) in [7, 11) is 0. The molecule has 0 aromatic rings. The van der Waals surface area contributed by atoms with E-state index in [2.05, 4.69) is 42.4 Å². The molecule has 2 fully saturated rings. The topological polar surface area (TPSA) is 32.8 Å². The fourth-order valence-electron chi connectivity index (χ4n) is 4.98. The van der Waals surface area contributed by atoms with E-state index in [1.165, 1.54) is 18.4 Å². The average molecular weight is 326 g/mol. The Hall–Kier alpha value is -1.57. The van der Waals surface area contributed by atoms with Gasteiger partial charge in [-0.1, -0.05) is 32.1 Å². The fraction of sp³-hybridized carbons (Fsp3) is 0.650. The number of esters is 1. The first-order valence-corrected chi connectivity index (χ1v) is 9.30. The highest BCUT2D eigenvalue weighted by atomic mass is 16.6. The molecule has 4 aliphatic rings. The third-order valence-corrected chi connectivity index (χ3v) is 6.20. The molecule has 1 spiro atoms. The molecule has 2 saturated heterocycles. The fourth-order valence-corrected chi connectivity index (χ4v) is 4.98. The molecular weight excluding hydrogens is 300 g/mol. The zero-order valence-electron chi connectivity index (χ0n) is 14.9. The summed E-state index contributed by atoms with van der Waals surface area (Å²) < 4.78 is 5.90. The van der Waals surface area contributed by atoms with Gasteiger partial charge in [-0.2, -0.15) is 0 Å². The van der Waals surface area contributed by atoms with Crippen molar-refractivity contribution < 1.29 is 9.53 Å². The highest BCUT2D eigenvalue weighted by Crippen LogP contribution is 2.60. The van der Waals surface area contributed by atoms with Crippen molar-refractivity contribution in [2.45, 2.75) is 57.7 Å². The maximum Gasteiger partial charge on any atom is 0.332 e. The standard InChI is InChI=1S/C20H26N2O2/c1-4-21(5-2)11-8-9-15-16-13-18(23)24-20(16)17-10-6-7-12-22(17)14(3)19(15)20/h13-14,17H,4-7,10-12H2,1-3H3/t14-,17+,20-/m0/s1. The van der Waals surface area contributed by atoms with Crippen molar-refractivity contribution in [3.8, 4) is 11.8 Å². The average Bonchev–Trinajstić information content (AvgIpc) is 2.99. The molecule has 4 rings (SSSR count). The van der Waals surface area contributed by atoms with E-state index in [9.17, 15) is 4.79 Å². The molecule has 0 aromatic heterocycles. The molecule has 3 atom stereocenters. The molecule has 0 radical (unpaired) electrons. The van der Waals surface area contributed by atoms with Crippen molar-refractivity contribution in [1.82, 2.24) is 9.80 Å². The lowest BCUT2D eigenvalue weighted by Gasteiger charge is -2.43. The molecule has 0 saturated carbocycles. The maximum atomic E-state index is 12.0. The van der Waals surface area contributed by atoms with Gasteiger partial charge in [0.15, 0.2) is 5.60 Å². The summed E-state index contributed by atoms with van der Waals surface area (Å²) in [5.41, 5.74) is 2.93. The highest BCUT2D eigenvalue weighted by Gasteiger charge is 2.68. The third kappa shape index (κ3) is 1.98. The summed E-state index contributed by atoms with van der Waals surface area (Å²) in [4.78, 5) is 16.9. The van der Waals surface area contributed by atoms with E-state index in [1.54, 1.807) is 6.08 Å². The molecule has 24 heavy (non-hydrogen) atoms. The van der Waals surface area contributed by atoms with E-state index in [4.69, 9.17) is 4.74 Å². The van der Waals surface area contributed by atoms with Crippen LogP contribution in [0.25, 0.3) is 0 Å². The lowest BCUT2D eigenvalue weighted by Crippen LogP contribution is -2.52. The lowest BCUT2D eigenvalue weighted by atomic mass is 9.65. The number of nitrogens with zero attached hydrogens (tertiary/aromatic N) is 2. The van der Waals surface area contributed by atoms with Gasteiger partial charge in [0.25, 0.3) is 0 Å². The SMILES string of the molecule is CCN(CC)CC#CC1=C2[C@H](C)N3CCCC[C@@H]3[C@]23OC(=O)C=C13. The molecule has 128 valence electrons. The molecule has 0 bridgehead atoms. The predicted octanol–water partition coefficient (Wildman–Crippen LogP) is 2.12. The van der Waals surface area contributed by atoms with E-state index in [1.807, 2.05) is 0 Å². The second kappa shape index (κ2) is 5.75. The molecule has 0 N–H and O–H groups in total. The monoisotopic (exact) mass is 326 g/mol. The Bertz CT molecular complexity index is 692. The normalized spacial score (nSPS) is 34.0. The van der Waals surface area contributed by atoms with Crippen LogP contribution in [0.1, 0.15) is 40.0 Å². The molecular formula is C20H26N2O2. The van der Waals surface area contributed by atoms with Crippen LogP contribution < -0.4 is 0 Å². The summed E-state index contributed by atoms with van der Waals surface area (Å²) in [6, 6.07) is 0.651. The Kier molecular flexibility index (Phi) is 3.82. The Morgan fingerprint density at radius 1 is 1.38 bits per heavy atom. The van der Waals surface area contributed by atoms with Crippen LogP contribution in [-0.2, 0) is 9.53 Å². The van der Waals surface area contributed by atoms with Gasteiger partial charge < -0.3 is 4.74 Å². The minimum atomic E-state index is -0.462. The van der Waals surface area contributed by atoms with E-state index in [0.29, 0.717) is 12.1 Å². The van der Waals surface area contributed by atoms with Crippen LogP contribution in [-0.4, -0.2) is 59.6 Å². The van der Waals surface area contributed by atoms with Gasteiger partial charge in [-0.05, 0) is 39.4 Å². The highest BCUT2D eigenvalue weighted by molar-refractivity contribution is 5.94. The van der Waals surface area contributed by atoms with E-state index in [-0.39, 0.29) is 5.97 Å². The van der Waals surface area contributed by atoms with E-state index in [0.717, 1.165) is 43.7 Å². The van der Waals surface area contributed by atoms with Gasteiger partial charge in [-0.15, -0.1) is 0 Å². The number of fused-ring (bicyclic) bond motifs is 1. The smallest absolute Gasteiger partial charge is 0.332 e. The second-order valence-corrected chi connectivity index (χ2v) is 7.19. The minimum Gasteiger partial charge on any atom is -0.445 e. The van der Waals surface area contributed by atoms with Gasteiger partial charge in [-0.3, -0.25) is 9.80 Å². The number of piperidine rings is 1. The second-order valence-electron chi connectivity index (χ2n) is 7.19. The largest absolute Gasteiger partial charge is 0.445 e. The summed E-state index contributed by atoms with van der Waals surface area (Å²) in [5, 5.41) is 0. The van der Waals surface area contributed by atoms with Gasteiger partial charge >= 0.3 is 5.97 Å². The lowest BCUT2D eigenvalue weighted by molar-refractivity contribution is -0.146. The van der Waals surface area contributed by atoms with Gasteiger partial charge in [0.1, 0.15) is 0 Å². The molecule has 3 aliphatic heterocycles. The number of hydrogen-bond acceptors (Lipinski definition) is 4. The van der Waals surface area contributed by atoms with Crippen molar-refractivity contribution in [2.24, 2.45) is 0 Å². The molecule has 4 nitrogen and oxygen atoms in total. The van der Waals surface area contributed by atoms with Gasteiger partial charge in [0.05, 0.1) is 12.6 Å². The quantitative estimate of drug-likeness (QED) is 0.587. The zero-order valence-corrected chi connectivity index (χ0v) is 14.9. The van der Waals surface area contributed by atoms with Crippen LogP contribution in [0.15, 0.2) is 22.8 Å². The van der Waals surface area contributed by atoms with Crippen LogP contribution in [0.2, 0.25) is 0 Å². The first-order valence-electron chi connectivity index (χ1n) is 9.30. The van der Waals surface area contributed by atoms with Gasteiger partial charge in [-0.25, -0.2) is 4.79 Å².